The maximum atomic E-state index is 13.1. The number of fused-ring (bicyclic) bond motifs is 2. The Hall–Kier alpha value is -2.50. The zero-order valence-corrected chi connectivity index (χ0v) is 16.1. The molecule has 1 aliphatic rings. The van der Waals surface area contributed by atoms with E-state index in [0.29, 0.717) is 28.7 Å². The van der Waals surface area contributed by atoms with E-state index < -0.39 is 0 Å². The van der Waals surface area contributed by atoms with Gasteiger partial charge in [0.05, 0.1) is 35.0 Å². The van der Waals surface area contributed by atoms with Crippen LogP contribution in [0.25, 0.3) is 10.8 Å². The molecule has 0 fully saturated rings. The van der Waals surface area contributed by atoms with Gasteiger partial charge in [-0.25, -0.2) is 0 Å². The zero-order chi connectivity index (χ0) is 19.0. The van der Waals surface area contributed by atoms with Crippen molar-refractivity contribution in [3.8, 4) is 5.75 Å². The van der Waals surface area contributed by atoms with E-state index in [1.165, 1.54) is 0 Å². The van der Waals surface area contributed by atoms with Crippen molar-refractivity contribution in [2.24, 2.45) is 0 Å². The van der Waals surface area contributed by atoms with Gasteiger partial charge in [0.1, 0.15) is 5.75 Å². The van der Waals surface area contributed by atoms with Gasteiger partial charge in [0, 0.05) is 29.2 Å². The molecular formula is C20H17Cl2N3O2. The van der Waals surface area contributed by atoms with Crippen molar-refractivity contribution in [1.29, 1.82) is 0 Å². The molecule has 1 aliphatic heterocycles. The van der Waals surface area contributed by atoms with E-state index in [-0.39, 0.29) is 11.8 Å². The highest BCUT2D eigenvalue weighted by Crippen LogP contribution is 2.38. The molecule has 0 unspecified atom stereocenters. The summed E-state index contributed by atoms with van der Waals surface area (Å²) >= 11 is 12.3. The van der Waals surface area contributed by atoms with Crippen LogP contribution in [0.4, 0.5) is 11.4 Å². The summed E-state index contributed by atoms with van der Waals surface area (Å²) in [4.78, 5) is 17.3. The fourth-order valence-corrected chi connectivity index (χ4v) is 3.71. The van der Waals surface area contributed by atoms with Crippen LogP contribution in [-0.2, 0) is 4.79 Å². The Labute approximate surface area is 166 Å². The Balaban J connectivity index is 1.68. The molecule has 4 rings (SSSR count). The van der Waals surface area contributed by atoms with Gasteiger partial charge in [0.15, 0.2) is 0 Å². The molecule has 27 heavy (non-hydrogen) atoms. The number of amides is 1. The number of carbonyl (C=O) groups excluding carboxylic acids is 1. The summed E-state index contributed by atoms with van der Waals surface area (Å²) in [5, 5.41) is 9.00. The monoisotopic (exact) mass is 401 g/mol. The summed E-state index contributed by atoms with van der Waals surface area (Å²) in [7, 11) is 1.61. The van der Waals surface area contributed by atoms with Crippen LogP contribution in [-0.4, -0.2) is 24.5 Å². The lowest BCUT2D eigenvalue weighted by Gasteiger charge is -2.26. The number of halogens is 2. The lowest BCUT2D eigenvalue weighted by atomic mass is 9.90. The number of rotatable bonds is 3. The topological polar surface area (TPSA) is 63.2 Å². The van der Waals surface area contributed by atoms with Crippen molar-refractivity contribution in [2.75, 3.05) is 24.3 Å². The fourth-order valence-electron chi connectivity index (χ4n) is 3.37. The van der Waals surface area contributed by atoms with Crippen LogP contribution in [0.2, 0.25) is 10.0 Å². The minimum Gasteiger partial charge on any atom is -0.497 e. The molecule has 2 aromatic carbocycles. The highest BCUT2D eigenvalue weighted by atomic mass is 35.5. The number of nitrogens with zero attached hydrogens (tertiary/aromatic N) is 1. The Morgan fingerprint density at radius 2 is 2.04 bits per heavy atom. The van der Waals surface area contributed by atoms with E-state index in [1.54, 1.807) is 31.6 Å². The van der Waals surface area contributed by atoms with Crippen molar-refractivity contribution in [1.82, 2.24) is 4.98 Å². The molecule has 1 atom stereocenters. The molecule has 3 aromatic rings. The molecule has 1 aromatic heterocycles. The first-order chi connectivity index (χ1) is 13.1. The third-order valence-electron chi connectivity index (χ3n) is 4.76. The molecule has 1 amide bonds. The predicted octanol–water partition coefficient (Wildman–Crippen LogP) is 5.09. The molecule has 0 spiro atoms. The molecule has 0 aliphatic carbocycles. The minimum absolute atomic E-state index is 0.103. The van der Waals surface area contributed by atoms with E-state index in [4.69, 9.17) is 27.9 Å². The number of carbonyl (C=O) groups is 1. The summed E-state index contributed by atoms with van der Waals surface area (Å²) in [5.41, 5.74) is 2.34. The summed E-state index contributed by atoms with van der Waals surface area (Å²) < 4.78 is 5.30. The second-order valence-electron chi connectivity index (χ2n) is 6.38. The Morgan fingerprint density at radius 1 is 1.22 bits per heavy atom. The fraction of sp³-hybridized carbons (Fsp3) is 0.200. The van der Waals surface area contributed by atoms with Gasteiger partial charge < -0.3 is 15.4 Å². The quantitative estimate of drug-likeness (QED) is 0.641. The van der Waals surface area contributed by atoms with Crippen LogP contribution in [0.15, 0.2) is 42.7 Å². The van der Waals surface area contributed by atoms with E-state index >= 15 is 0 Å². The molecule has 0 bridgehead atoms. The van der Waals surface area contributed by atoms with Crippen molar-refractivity contribution < 1.29 is 9.53 Å². The van der Waals surface area contributed by atoms with E-state index in [9.17, 15) is 4.79 Å². The zero-order valence-electron chi connectivity index (χ0n) is 14.6. The van der Waals surface area contributed by atoms with E-state index in [2.05, 4.69) is 15.6 Å². The molecule has 2 N–H and O–H groups in total. The van der Waals surface area contributed by atoms with Gasteiger partial charge in [-0.1, -0.05) is 23.2 Å². The molecule has 7 heteroatoms. The van der Waals surface area contributed by atoms with Crippen molar-refractivity contribution in [2.45, 2.75) is 12.3 Å². The van der Waals surface area contributed by atoms with Crippen molar-refractivity contribution in [3.05, 3.63) is 58.3 Å². The van der Waals surface area contributed by atoms with Gasteiger partial charge in [-0.15, -0.1) is 0 Å². The maximum Gasteiger partial charge on any atom is 0.232 e. The van der Waals surface area contributed by atoms with Crippen LogP contribution >= 0.6 is 23.2 Å². The molecule has 0 saturated carbocycles. The Morgan fingerprint density at radius 3 is 2.85 bits per heavy atom. The standard InChI is InChI=1S/C20H17Cl2N3O2/c1-27-12-3-2-11-9-23-10-19(14(11)6-12)25-20(26)13-4-5-24-18-8-17(22)16(21)7-15(13)18/h2-3,6-10,13,24H,4-5H2,1H3,(H,25,26)/t13-/m0/s1. The first-order valence-electron chi connectivity index (χ1n) is 8.52. The first kappa shape index (κ1) is 17.9. The van der Waals surface area contributed by atoms with Crippen molar-refractivity contribution in [3.63, 3.8) is 0 Å². The van der Waals surface area contributed by atoms with Gasteiger partial charge >= 0.3 is 0 Å². The van der Waals surface area contributed by atoms with Crippen LogP contribution in [0, 0.1) is 0 Å². The average Bonchev–Trinajstić information content (AvgIpc) is 2.68. The predicted molar refractivity (Wildman–Crippen MR) is 109 cm³/mol. The number of pyridine rings is 1. The van der Waals surface area contributed by atoms with E-state index in [1.807, 2.05) is 18.2 Å². The number of ether oxygens (including phenoxy) is 1. The third kappa shape index (κ3) is 3.40. The highest BCUT2D eigenvalue weighted by Gasteiger charge is 2.28. The largest absolute Gasteiger partial charge is 0.497 e. The molecule has 0 radical (unpaired) electrons. The number of hydrogen-bond donors (Lipinski definition) is 2. The van der Waals surface area contributed by atoms with Gasteiger partial charge in [0.25, 0.3) is 0 Å². The minimum atomic E-state index is -0.322. The average molecular weight is 402 g/mol. The molecule has 138 valence electrons. The van der Waals surface area contributed by atoms with E-state index in [0.717, 1.165) is 27.8 Å². The highest BCUT2D eigenvalue weighted by molar-refractivity contribution is 6.42. The number of benzene rings is 2. The van der Waals surface area contributed by atoms with Crippen LogP contribution in [0.1, 0.15) is 17.9 Å². The number of anilines is 2. The first-order valence-corrected chi connectivity index (χ1v) is 9.28. The third-order valence-corrected chi connectivity index (χ3v) is 5.48. The normalized spacial score (nSPS) is 15.7. The maximum absolute atomic E-state index is 13.1. The molecule has 5 nitrogen and oxygen atoms in total. The van der Waals surface area contributed by atoms with Gasteiger partial charge in [-0.3, -0.25) is 9.78 Å². The van der Waals surface area contributed by atoms with Gasteiger partial charge in [-0.2, -0.15) is 0 Å². The summed E-state index contributed by atoms with van der Waals surface area (Å²) in [6.45, 7) is 0.685. The molecule has 2 heterocycles. The Kier molecular flexibility index (Phi) is 4.81. The lowest BCUT2D eigenvalue weighted by molar-refractivity contribution is -0.117. The molecule has 0 saturated heterocycles. The van der Waals surface area contributed by atoms with Crippen LogP contribution in [0.3, 0.4) is 0 Å². The van der Waals surface area contributed by atoms with Gasteiger partial charge in [-0.05, 0) is 42.3 Å². The number of nitrogens with one attached hydrogen (secondary N) is 2. The number of methoxy groups -OCH3 is 1. The second kappa shape index (κ2) is 7.25. The molecular weight excluding hydrogens is 385 g/mol. The lowest BCUT2D eigenvalue weighted by Crippen LogP contribution is -2.27. The van der Waals surface area contributed by atoms with Crippen LogP contribution < -0.4 is 15.4 Å². The van der Waals surface area contributed by atoms with Gasteiger partial charge in [0.2, 0.25) is 5.91 Å². The summed E-state index contributed by atoms with van der Waals surface area (Å²) in [6.07, 6.45) is 4.07. The second-order valence-corrected chi connectivity index (χ2v) is 7.20. The smallest absolute Gasteiger partial charge is 0.232 e. The number of aromatic nitrogens is 1. The van der Waals surface area contributed by atoms with Crippen molar-refractivity contribution >= 4 is 51.3 Å². The van der Waals surface area contributed by atoms with Crippen LogP contribution in [0.5, 0.6) is 5.75 Å². The summed E-state index contributed by atoms with van der Waals surface area (Å²) in [5.74, 6) is 0.294. The SMILES string of the molecule is COc1ccc2cncc(NC(=O)[C@H]3CCNc4cc(Cl)c(Cl)cc43)c2c1. The number of hydrogen-bond acceptors (Lipinski definition) is 4. The Bertz CT molecular complexity index is 1040. The summed E-state index contributed by atoms with van der Waals surface area (Å²) in [6, 6.07) is 9.20.